The van der Waals surface area contributed by atoms with Crippen LogP contribution in [0, 0.1) is 0 Å². The minimum atomic E-state index is -1.10. The summed E-state index contributed by atoms with van der Waals surface area (Å²) < 4.78 is 0. The van der Waals surface area contributed by atoms with Gasteiger partial charge in [0.15, 0.2) is 0 Å². The summed E-state index contributed by atoms with van der Waals surface area (Å²) in [5.41, 5.74) is 0. The molecule has 0 rings (SSSR count). The van der Waals surface area contributed by atoms with E-state index in [0.29, 0.717) is 26.1 Å². The van der Waals surface area contributed by atoms with Crippen molar-refractivity contribution < 1.29 is 40.1 Å². The van der Waals surface area contributed by atoms with Gasteiger partial charge in [0.05, 0.1) is 26.3 Å². The molecule has 10 nitrogen and oxygen atoms in total. The fourth-order valence-electron chi connectivity index (χ4n) is 1.74. The van der Waals surface area contributed by atoms with Crippen LogP contribution in [-0.2, 0) is 19.4 Å². The van der Waals surface area contributed by atoms with Crippen molar-refractivity contribution in [3.8, 4) is 0 Å². The molecule has 0 aromatic rings. The van der Waals surface area contributed by atoms with E-state index in [0.717, 1.165) is 0 Å². The van der Waals surface area contributed by atoms with E-state index < -0.39 is 11.9 Å². The van der Waals surface area contributed by atoms with E-state index in [9.17, 15) is 9.59 Å². The van der Waals surface area contributed by atoms with Crippen LogP contribution in [0.15, 0.2) is 0 Å². The van der Waals surface area contributed by atoms with Crippen LogP contribution < -0.4 is 0 Å². The second kappa shape index (κ2) is 12.4. The maximum absolute atomic E-state index is 10.7. The van der Waals surface area contributed by atoms with Crippen molar-refractivity contribution in [3.63, 3.8) is 0 Å². The van der Waals surface area contributed by atoms with E-state index in [-0.39, 0.29) is 32.8 Å². The molecule has 0 aromatic heterocycles. The van der Waals surface area contributed by atoms with Crippen molar-refractivity contribution in [1.29, 1.82) is 0 Å². The number of rotatable bonds is 14. The molecule has 0 bridgehead atoms. The highest BCUT2D eigenvalue weighted by atomic mass is 17.1. The van der Waals surface area contributed by atoms with Crippen molar-refractivity contribution in [2.75, 3.05) is 52.5 Å². The van der Waals surface area contributed by atoms with Crippen molar-refractivity contribution in [2.24, 2.45) is 0 Å². The fourth-order valence-corrected chi connectivity index (χ4v) is 1.74. The zero-order chi connectivity index (χ0) is 16.1. The molecule has 0 aromatic carbocycles. The quantitative estimate of drug-likeness (QED) is 0.182. The van der Waals surface area contributed by atoms with E-state index in [1.807, 2.05) is 4.90 Å². The van der Waals surface area contributed by atoms with Crippen molar-refractivity contribution in [2.45, 2.75) is 6.42 Å². The third-order valence-electron chi connectivity index (χ3n) is 2.66. The minimum Gasteiger partial charge on any atom is -0.480 e. The highest BCUT2D eigenvalue weighted by molar-refractivity contribution is 5.72. The van der Waals surface area contributed by atoms with Gasteiger partial charge in [-0.15, -0.1) is 0 Å². The van der Waals surface area contributed by atoms with Crippen LogP contribution in [0.5, 0.6) is 0 Å². The van der Waals surface area contributed by atoms with Crippen LogP contribution in [0.4, 0.5) is 0 Å². The summed E-state index contributed by atoms with van der Waals surface area (Å²) in [6.07, 6.45) is 0.528. The van der Waals surface area contributed by atoms with Gasteiger partial charge in [0.2, 0.25) is 0 Å². The summed E-state index contributed by atoms with van der Waals surface area (Å²) >= 11 is 0. The lowest BCUT2D eigenvalue weighted by Crippen LogP contribution is -2.41. The highest BCUT2D eigenvalue weighted by Gasteiger charge is 2.15. The first-order valence-corrected chi connectivity index (χ1v) is 6.40. The second-order valence-corrected chi connectivity index (χ2v) is 4.36. The first-order valence-electron chi connectivity index (χ1n) is 6.40. The number of carboxylic acid groups (broad SMARTS) is 2. The van der Waals surface area contributed by atoms with Crippen LogP contribution in [-0.4, -0.2) is 94.9 Å². The van der Waals surface area contributed by atoms with E-state index in [1.54, 1.807) is 0 Å². The summed E-state index contributed by atoms with van der Waals surface area (Å²) in [5, 5.41) is 34.1. The van der Waals surface area contributed by atoms with Crippen LogP contribution in [0.3, 0.4) is 0 Å². The number of carbonyl (C=O) groups is 2. The molecule has 0 saturated heterocycles. The average molecular weight is 310 g/mol. The van der Waals surface area contributed by atoms with E-state index in [1.165, 1.54) is 4.90 Å². The molecule has 124 valence electrons. The first kappa shape index (κ1) is 19.7. The molecule has 0 spiro atoms. The van der Waals surface area contributed by atoms with Gasteiger partial charge in [-0.1, -0.05) is 0 Å². The zero-order valence-corrected chi connectivity index (χ0v) is 11.7. The van der Waals surface area contributed by atoms with Gasteiger partial charge in [-0.3, -0.25) is 29.9 Å². The molecule has 0 saturated carbocycles. The van der Waals surface area contributed by atoms with Crippen molar-refractivity contribution in [1.82, 2.24) is 9.80 Å². The lowest BCUT2D eigenvalue weighted by atomic mass is 10.3. The van der Waals surface area contributed by atoms with E-state index >= 15 is 0 Å². The highest BCUT2D eigenvalue weighted by Crippen LogP contribution is 1.96. The smallest absolute Gasteiger partial charge is 0.317 e. The Morgan fingerprint density at radius 3 is 1.76 bits per heavy atom. The standard InChI is InChI=1S/C11H22N2O8/c14-10(15)8-13(9-11(16)17)4-3-12(5-7-21-19)2-1-6-20-18/h18-19H,1-9H2,(H,14,15)(H,16,17). The molecule has 0 amide bonds. The van der Waals surface area contributed by atoms with Gasteiger partial charge in [0.1, 0.15) is 0 Å². The monoisotopic (exact) mass is 310 g/mol. The summed E-state index contributed by atoms with van der Waals surface area (Å²) in [5.74, 6) is -2.20. The number of carboxylic acids is 2. The molecule has 0 atom stereocenters. The van der Waals surface area contributed by atoms with Crippen LogP contribution in [0.1, 0.15) is 6.42 Å². The Labute approximate surface area is 121 Å². The molecule has 21 heavy (non-hydrogen) atoms. The maximum atomic E-state index is 10.7. The summed E-state index contributed by atoms with van der Waals surface area (Å²) in [7, 11) is 0. The Kier molecular flexibility index (Phi) is 11.7. The lowest BCUT2D eigenvalue weighted by Gasteiger charge is -2.25. The number of hydrogen-bond donors (Lipinski definition) is 4. The summed E-state index contributed by atoms with van der Waals surface area (Å²) in [4.78, 5) is 32.4. The van der Waals surface area contributed by atoms with Crippen molar-refractivity contribution in [3.05, 3.63) is 0 Å². The topological polar surface area (TPSA) is 140 Å². The Morgan fingerprint density at radius 1 is 0.762 bits per heavy atom. The number of nitrogens with zero attached hydrogens (tertiary/aromatic N) is 2. The van der Waals surface area contributed by atoms with E-state index in [4.69, 9.17) is 20.7 Å². The third kappa shape index (κ3) is 12.2. The maximum Gasteiger partial charge on any atom is 0.317 e. The van der Waals surface area contributed by atoms with Gasteiger partial charge in [0, 0.05) is 26.2 Å². The van der Waals surface area contributed by atoms with Gasteiger partial charge in [-0.2, -0.15) is 0 Å². The molecule has 0 aliphatic rings. The zero-order valence-electron chi connectivity index (χ0n) is 11.7. The normalized spacial score (nSPS) is 11.2. The average Bonchev–Trinajstić information content (AvgIpc) is 2.39. The Balaban J connectivity index is 4.28. The summed E-state index contributed by atoms with van der Waals surface area (Å²) in [6, 6.07) is 0. The minimum absolute atomic E-state index is 0.0673. The first-order chi connectivity index (χ1) is 9.99. The molecule has 0 unspecified atom stereocenters. The molecule has 0 aliphatic carbocycles. The predicted octanol–water partition coefficient (Wildman–Crippen LogP) is -0.871. The Bertz CT molecular complexity index is 286. The molecular formula is C11H22N2O8. The molecule has 0 radical (unpaired) electrons. The number of hydrogen-bond acceptors (Lipinski definition) is 8. The molecular weight excluding hydrogens is 288 g/mol. The Morgan fingerprint density at radius 2 is 1.29 bits per heavy atom. The number of aliphatic carboxylic acids is 2. The van der Waals surface area contributed by atoms with Gasteiger partial charge in [0.25, 0.3) is 0 Å². The Hall–Kier alpha value is -1.30. The molecule has 0 fully saturated rings. The van der Waals surface area contributed by atoms with Gasteiger partial charge >= 0.3 is 11.9 Å². The largest absolute Gasteiger partial charge is 0.480 e. The molecule has 10 heteroatoms. The fraction of sp³-hybridized carbons (Fsp3) is 0.818. The lowest BCUT2D eigenvalue weighted by molar-refractivity contribution is -0.247. The van der Waals surface area contributed by atoms with Gasteiger partial charge < -0.3 is 10.2 Å². The van der Waals surface area contributed by atoms with Crippen LogP contribution >= 0.6 is 0 Å². The van der Waals surface area contributed by atoms with Crippen LogP contribution in [0.2, 0.25) is 0 Å². The van der Waals surface area contributed by atoms with E-state index in [2.05, 4.69) is 9.78 Å². The molecule has 4 N–H and O–H groups in total. The van der Waals surface area contributed by atoms with Crippen LogP contribution in [0.25, 0.3) is 0 Å². The second-order valence-electron chi connectivity index (χ2n) is 4.36. The summed E-state index contributed by atoms with van der Waals surface area (Å²) in [6.45, 7) is 1.03. The SMILES string of the molecule is O=C(O)CN(CCN(CCCOO)CCOO)CC(=O)O. The van der Waals surface area contributed by atoms with Gasteiger partial charge in [-0.25, -0.2) is 9.78 Å². The third-order valence-corrected chi connectivity index (χ3v) is 2.66. The van der Waals surface area contributed by atoms with Crippen molar-refractivity contribution >= 4 is 11.9 Å². The predicted molar refractivity (Wildman–Crippen MR) is 69.9 cm³/mol. The van der Waals surface area contributed by atoms with Gasteiger partial charge in [-0.05, 0) is 6.42 Å². The molecule has 0 aliphatic heterocycles. The molecule has 0 heterocycles.